The lowest BCUT2D eigenvalue weighted by atomic mass is 10.1. The van der Waals surface area contributed by atoms with Gasteiger partial charge in [-0.3, -0.25) is 14.9 Å². The molecule has 0 saturated heterocycles. The molecule has 1 N–H and O–H groups in total. The summed E-state index contributed by atoms with van der Waals surface area (Å²) < 4.78 is 10.6. The molecule has 1 aromatic heterocycles. The number of nitrogens with one attached hydrogen (secondary N) is 1. The number of hydrogen-bond acceptors (Lipinski definition) is 6. The van der Waals surface area contributed by atoms with Crippen molar-refractivity contribution >= 4 is 29.4 Å². The summed E-state index contributed by atoms with van der Waals surface area (Å²) in [6, 6.07) is 14.0. The number of nitrogens with zero attached hydrogens (tertiary/aromatic N) is 2. The third-order valence-corrected chi connectivity index (χ3v) is 3.97. The van der Waals surface area contributed by atoms with Gasteiger partial charge in [0, 0.05) is 10.6 Å². The van der Waals surface area contributed by atoms with Gasteiger partial charge in [0.1, 0.15) is 17.3 Å². The second kappa shape index (κ2) is 8.36. The molecule has 28 heavy (non-hydrogen) atoms. The van der Waals surface area contributed by atoms with Gasteiger partial charge in [-0.05, 0) is 42.5 Å². The Bertz CT molecular complexity index is 1060. The molecule has 1 amide bonds. The SMILES string of the molecule is COc1ccc(-c2ccc(/C=N\NC(=O)c3cccc(Cl)c3)o2)c([N+](=O)[O-])c1. The normalized spacial score (nSPS) is 10.8. The van der Waals surface area contributed by atoms with Crippen molar-refractivity contribution < 1.29 is 18.9 Å². The first-order chi connectivity index (χ1) is 13.5. The molecule has 8 nitrogen and oxygen atoms in total. The number of nitro benzene ring substituents is 1. The lowest BCUT2D eigenvalue weighted by Crippen LogP contribution is -2.17. The zero-order valence-corrected chi connectivity index (χ0v) is 15.3. The minimum atomic E-state index is -0.515. The Morgan fingerprint density at radius 1 is 1.25 bits per heavy atom. The Labute approximate surface area is 164 Å². The van der Waals surface area contributed by atoms with E-state index in [4.69, 9.17) is 20.8 Å². The lowest BCUT2D eigenvalue weighted by Gasteiger charge is -2.03. The van der Waals surface area contributed by atoms with Crippen molar-refractivity contribution in [3.8, 4) is 17.1 Å². The highest BCUT2D eigenvalue weighted by Gasteiger charge is 2.19. The third kappa shape index (κ3) is 4.36. The van der Waals surface area contributed by atoms with E-state index in [0.29, 0.717) is 27.7 Å². The second-order valence-corrected chi connectivity index (χ2v) is 5.99. The smallest absolute Gasteiger partial charge is 0.284 e. The summed E-state index contributed by atoms with van der Waals surface area (Å²) in [7, 11) is 1.43. The topological polar surface area (TPSA) is 107 Å². The van der Waals surface area contributed by atoms with Crippen LogP contribution < -0.4 is 10.2 Å². The first-order valence-electron chi connectivity index (χ1n) is 7.99. The van der Waals surface area contributed by atoms with E-state index in [2.05, 4.69) is 10.5 Å². The van der Waals surface area contributed by atoms with Gasteiger partial charge < -0.3 is 9.15 Å². The van der Waals surface area contributed by atoms with Crippen LogP contribution in [0.1, 0.15) is 16.1 Å². The van der Waals surface area contributed by atoms with Crippen LogP contribution in [0.5, 0.6) is 5.75 Å². The Morgan fingerprint density at radius 3 is 2.79 bits per heavy atom. The highest BCUT2D eigenvalue weighted by molar-refractivity contribution is 6.30. The van der Waals surface area contributed by atoms with E-state index in [1.165, 1.54) is 31.5 Å². The largest absolute Gasteiger partial charge is 0.497 e. The minimum Gasteiger partial charge on any atom is -0.497 e. The molecular weight excluding hydrogens is 386 g/mol. The summed E-state index contributed by atoms with van der Waals surface area (Å²) in [6.45, 7) is 0. The van der Waals surface area contributed by atoms with Crippen LogP contribution in [-0.2, 0) is 0 Å². The summed E-state index contributed by atoms with van der Waals surface area (Å²) in [4.78, 5) is 22.8. The maximum atomic E-state index is 12.0. The van der Waals surface area contributed by atoms with Crippen LogP contribution in [-0.4, -0.2) is 24.2 Å². The number of halogens is 1. The molecule has 0 unspecified atom stereocenters. The average molecular weight is 400 g/mol. The van der Waals surface area contributed by atoms with Crippen LogP contribution >= 0.6 is 11.6 Å². The van der Waals surface area contributed by atoms with Gasteiger partial charge in [0.15, 0.2) is 0 Å². The fourth-order valence-corrected chi connectivity index (χ4v) is 2.60. The number of methoxy groups -OCH3 is 1. The molecule has 3 aromatic rings. The molecule has 0 atom stereocenters. The third-order valence-electron chi connectivity index (χ3n) is 3.74. The van der Waals surface area contributed by atoms with E-state index in [9.17, 15) is 14.9 Å². The van der Waals surface area contributed by atoms with E-state index < -0.39 is 10.8 Å². The van der Waals surface area contributed by atoms with Gasteiger partial charge in [0.05, 0.1) is 29.9 Å². The van der Waals surface area contributed by atoms with Crippen molar-refractivity contribution in [3.05, 3.63) is 81.1 Å². The zero-order chi connectivity index (χ0) is 20.1. The summed E-state index contributed by atoms with van der Waals surface area (Å²) in [5, 5.41) is 15.6. The lowest BCUT2D eigenvalue weighted by molar-refractivity contribution is -0.384. The molecule has 3 rings (SSSR count). The summed E-state index contributed by atoms with van der Waals surface area (Å²) in [5.74, 6) is 0.535. The number of hydrazone groups is 1. The number of furan rings is 1. The van der Waals surface area contributed by atoms with E-state index in [1.54, 1.807) is 36.4 Å². The van der Waals surface area contributed by atoms with Gasteiger partial charge in [-0.15, -0.1) is 0 Å². The molecule has 2 aromatic carbocycles. The zero-order valence-electron chi connectivity index (χ0n) is 14.6. The standard InChI is InChI=1S/C19H14ClN3O5/c1-27-14-5-7-16(17(10-14)23(25)26)18-8-6-15(28-18)11-21-22-19(24)12-3-2-4-13(20)9-12/h2-11H,1H3,(H,22,24)/b21-11-. The molecule has 0 aliphatic carbocycles. The fraction of sp³-hybridized carbons (Fsp3) is 0.0526. The van der Waals surface area contributed by atoms with Gasteiger partial charge in [0.2, 0.25) is 0 Å². The Hall–Kier alpha value is -3.65. The number of rotatable bonds is 6. The van der Waals surface area contributed by atoms with Crippen LogP contribution in [0.15, 0.2) is 64.1 Å². The predicted octanol–water partition coefficient (Wildman–Crippen LogP) is 4.28. The minimum absolute atomic E-state index is 0.147. The van der Waals surface area contributed by atoms with Crippen molar-refractivity contribution in [2.75, 3.05) is 7.11 Å². The fourth-order valence-electron chi connectivity index (χ4n) is 2.41. The van der Waals surface area contributed by atoms with E-state index in [1.807, 2.05) is 0 Å². The number of ether oxygens (including phenoxy) is 1. The Kier molecular flexibility index (Phi) is 5.71. The van der Waals surface area contributed by atoms with Gasteiger partial charge in [-0.2, -0.15) is 5.10 Å². The van der Waals surface area contributed by atoms with Gasteiger partial charge in [0.25, 0.3) is 11.6 Å². The van der Waals surface area contributed by atoms with Crippen LogP contribution in [0.25, 0.3) is 11.3 Å². The summed E-state index contributed by atoms with van der Waals surface area (Å²) in [5.41, 5.74) is 2.87. The first kappa shape index (κ1) is 19.1. The Balaban J connectivity index is 1.75. The number of hydrogen-bond donors (Lipinski definition) is 1. The highest BCUT2D eigenvalue weighted by atomic mass is 35.5. The molecule has 0 aliphatic heterocycles. The van der Waals surface area contributed by atoms with Crippen molar-refractivity contribution in [1.29, 1.82) is 0 Å². The molecule has 0 radical (unpaired) electrons. The second-order valence-electron chi connectivity index (χ2n) is 5.55. The maximum Gasteiger partial charge on any atom is 0.284 e. The van der Waals surface area contributed by atoms with Crippen LogP contribution in [0.4, 0.5) is 5.69 Å². The highest BCUT2D eigenvalue weighted by Crippen LogP contribution is 2.33. The number of benzene rings is 2. The number of nitro groups is 1. The molecule has 0 spiro atoms. The van der Waals surface area contributed by atoms with Crippen molar-refractivity contribution in [2.45, 2.75) is 0 Å². The Morgan fingerprint density at radius 2 is 2.07 bits per heavy atom. The molecule has 9 heteroatoms. The van der Waals surface area contributed by atoms with E-state index in [0.717, 1.165) is 0 Å². The molecular formula is C19H14ClN3O5. The van der Waals surface area contributed by atoms with Crippen LogP contribution in [0.3, 0.4) is 0 Å². The van der Waals surface area contributed by atoms with Crippen LogP contribution in [0, 0.1) is 10.1 Å². The van der Waals surface area contributed by atoms with Crippen LogP contribution in [0.2, 0.25) is 5.02 Å². The quantitative estimate of drug-likeness (QED) is 0.378. The molecule has 142 valence electrons. The summed E-state index contributed by atoms with van der Waals surface area (Å²) in [6.07, 6.45) is 1.29. The van der Waals surface area contributed by atoms with Gasteiger partial charge in [-0.1, -0.05) is 17.7 Å². The summed E-state index contributed by atoms with van der Waals surface area (Å²) >= 11 is 5.84. The molecule has 0 saturated carbocycles. The predicted molar refractivity (Wildman–Crippen MR) is 104 cm³/mol. The van der Waals surface area contributed by atoms with Crippen molar-refractivity contribution in [2.24, 2.45) is 5.10 Å². The average Bonchev–Trinajstić information content (AvgIpc) is 3.16. The van der Waals surface area contributed by atoms with Crippen molar-refractivity contribution in [3.63, 3.8) is 0 Å². The molecule has 0 bridgehead atoms. The molecule has 0 aliphatic rings. The first-order valence-corrected chi connectivity index (χ1v) is 8.37. The van der Waals surface area contributed by atoms with E-state index >= 15 is 0 Å². The monoisotopic (exact) mass is 399 g/mol. The van der Waals surface area contributed by atoms with E-state index in [-0.39, 0.29) is 11.4 Å². The number of carbonyl (C=O) groups excluding carboxylic acids is 1. The molecule has 0 fully saturated rings. The molecule has 1 heterocycles. The number of carbonyl (C=O) groups is 1. The van der Waals surface area contributed by atoms with Gasteiger partial charge in [-0.25, -0.2) is 5.43 Å². The number of amides is 1. The maximum absolute atomic E-state index is 12.0. The van der Waals surface area contributed by atoms with Gasteiger partial charge >= 0.3 is 0 Å². The van der Waals surface area contributed by atoms with Crippen molar-refractivity contribution in [1.82, 2.24) is 5.43 Å².